The summed E-state index contributed by atoms with van der Waals surface area (Å²) >= 11 is 6.79. The van der Waals surface area contributed by atoms with E-state index in [4.69, 9.17) is 16.3 Å². The van der Waals surface area contributed by atoms with Gasteiger partial charge in [-0.25, -0.2) is 13.9 Å². The maximum absolute atomic E-state index is 15.0. The number of benzene rings is 3. The number of aromatic nitrogens is 2. The van der Waals surface area contributed by atoms with Gasteiger partial charge in [0.25, 0.3) is 5.91 Å². The summed E-state index contributed by atoms with van der Waals surface area (Å²) in [7, 11) is 0. The van der Waals surface area contributed by atoms with E-state index in [0.717, 1.165) is 22.7 Å². The average molecular weight is 698 g/mol. The van der Waals surface area contributed by atoms with Crippen LogP contribution in [0, 0.1) is 23.1 Å². The zero-order valence-electron chi connectivity index (χ0n) is 26.6. The second kappa shape index (κ2) is 13.9. The molecule has 2 amide bonds. The summed E-state index contributed by atoms with van der Waals surface area (Å²) in [5.41, 5.74) is -0.334. The molecular weight excluding hydrogens is 666 g/mol. The molecule has 3 aromatic carbocycles. The van der Waals surface area contributed by atoms with Crippen molar-refractivity contribution in [3.8, 4) is 11.8 Å². The minimum atomic E-state index is -4.90. The Morgan fingerprint density at radius 2 is 1.86 bits per heavy atom. The third-order valence-electron chi connectivity index (χ3n) is 7.74. The van der Waals surface area contributed by atoms with Gasteiger partial charge in [-0.15, -0.1) is 11.6 Å². The van der Waals surface area contributed by atoms with Crippen molar-refractivity contribution in [1.29, 1.82) is 5.26 Å². The lowest BCUT2D eigenvalue weighted by molar-refractivity contribution is -0.141. The zero-order valence-corrected chi connectivity index (χ0v) is 27.4. The van der Waals surface area contributed by atoms with E-state index in [2.05, 4.69) is 21.8 Å². The molecule has 3 unspecified atom stereocenters. The molecule has 1 aliphatic rings. The van der Waals surface area contributed by atoms with E-state index in [1.807, 2.05) is 6.07 Å². The maximum Gasteiger partial charge on any atom is 0.435 e. The van der Waals surface area contributed by atoms with Crippen LogP contribution in [0.1, 0.15) is 82.5 Å². The number of rotatable bonds is 9. The van der Waals surface area contributed by atoms with Crippen LogP contribution in [0.3, 0.4) is 0 Å². The third-order valence-corrected chi connectivity index (χ3v) is 8.24. The van der Waals surface area contributed by atoms with Crippen LogP contribution in [0.5, 0.6) is 0 Å². The predicted octanol–water partition coefficient (Wildman–Crippen LogP) is 7.60. The number of hydrogen-bond acceptors (Lipinski definition) is 6. The van der Waals surface area contributed by atoms with Gasteiger partial charge in [0.2, 0.25) is 0 Å². The molecule has 0 spiro atoms. The number of aliphatic hydroxyl groups is 1. The fraction of sp³-hybridized carbons (Fsp3) is 0.314. The third kappa shape index (κ3) is 8.57. The lowest BCUT2D eigenvalue weighted by atomic mass is 9.97. The first-order valence-electron chi connectivity index (χ1n) is 15.2. The normalized spacial score (nSPS) is 16.4. The van der Waals surface area contributed by atoms with Crippen LogP contribution in [-0.4, -0.2) is 39.1 Å². The number of nitriles is 1. The number of nitrogens with zero attached hydrogens (tertiary/aromatic N) is 3. The number of alkyl halides is 4. The highest BCUT2D eigenvalue weighted by Crippen LogP contribution is 2.48. The highest BCUT2D eigenvalue weighted by Gasteiger charge is 2.38. The van der Waals surface area contributed by atoms with Gasteiger partial charge in [-0.2, -0.15) is 23.5 Å². The number of aliphatic hydroxyl groups excluding tert-OH is 1. The summed E-state index contributed by atoms with van der Waals surface area (Å²) in [4.78, 5) is 25.6. The molecule has 49 heavy (non-hydrogen) atoms. The Morgan fingerprint density at radius 3 is 2.51 bits per heavy atom. The molecule has 1 aliphatic carbocycles. The van der Waals surface area contributed by atoms with Gasteiger partial charge in [-0.05, 0) is 97.7 Å². The molecule has 1 saturated carbocycles. The Labute approximate surface area is 284 Å². The van der Waals surface area contributed by atoms with Crippen LogP contribution in [0.2, 0.25) is 0 Å². The highest BCUT2D eigenvalue weighted by molar-refractivity contribution is 6.22. The minimum absolute atomic E-state index is 0.0161. The van der Waals surface area contributed by atoms with Crippen molar-refractivity contribution in [2.45, 2.75) is 56.8 Å². The first-order valence-corrected chi connectivity index (χ1v) is 15.6. The summed E-state index contributed by atoms with van der Waals surface area (Å²) in [5.74, 6) is -1.78. The molecule has 3 atom stereocenters. The number of halogens is 5. The van der Waals surface area contributed by atoms with Gasteiger partial charge in [-0.3, -0.25) is 4.79 Å². The summed E-state index contributed by atoms with van der Waals surface area (Å²) < 4.78 is 62.4. The van der Waals surface area contributed by atoms with Crippen molar-refractivity contribution in [2.24, 2.45) is 5.92 Å². The van der Waals surface area contributed by atoms with Crippen LogP contribution in [0.15, 0.2) is 66.7 Å². The van der Waals surface area contributed by atoms with E-state index in [0.29, 0.717) is 28.3 Å². The van der Waals surface area contributed by atoms with Crippen LogP contribution < -0.4 is 10.6 Å². The topological polar surface area (TPSA) is 129 Å². The van der Waals surface area contributed by atoms with E-state index in [1.54, 1.807) is 39.0 Å². The second-order valence-electron chi connectivity index (χ2n) is 12.7. The number of carbonyl (C=O) groups is 2. The smallest absolute Gasteiger partial charge is 0.435 e. The van der Waals surface area contributed by atoms with E-state index in [-0.39, 0.29) is 36.4 Å². The number of carbonyl (C=O) groups excluding carboxylic acids is 2. The number of ether oxygens (including phenoxy) is 1. The van der Waals surface area contributed by atoms with E-state index in [1.165, 1.54) is 30.3 Å². The Bertz CT molecular complexity index is 1930. The van der Waals surface area contributed by atoms with Gasteiger partial charge >= 0.3 is 12.3 Å². The molecule has 1 heterocycles. The first kappa shape index (κ1) is 35.4. The van der Waals surface area contributed by atoms with Gasteiger partial charge in [0.1, 0.15) is 17.1 Å². The fourth-order valence-corrected chi connectivity index (χ4v) is 5.56. The number of hydrogen-bond donors (Lipinski definition) is 3. The van der Waals surface area contributed by atoms with Crippen molar-refractivity contribution in [3.63, 3.8) is 0 Å². The number of alkyl carbamates (subject to hydrolysis) is 1. The summed E-state index contributed by atoms with van der Waals surface area (Å²) in [6.45, 7) is 5.07. The largest absolute Gasteiger partial charge is 0.444 e. The quantitative estimate of drug-likeness (QED) is 0.122. The Balaban J connectivity index is 1.42. The molecule has 5 rings (SSSR count). The summed E-state index contributed by atoms with van der Waals surface area (Å²) in [5, 5.41) is 26.7. The van der Waals surface area contributed by atoms with E-state index < -0.39 is 46.4 Å². The molecule has 256 valence electrons. The van der Waals surface area contributed by atoms with Gasteiger partial charge in [0, 0.05) is 19.2 Å². The maximum atomic E-state index is 15.0. The van der Waals surface area contributed by atoms with Crippen molar-refractivity contribution in [1.82, 2.24) is 15.1 Å². The molecule has 0 bridgehead atoms. The van der Waals surface area contributed by atoms with Gasteiger partial charge < -0.3 is 20.5 Å². The monoisotopic (exact) mass is 697 g/mol. The Hall–Kier alpha value is -4.93. The standard InChI is InChI=1S/C35H32ClF4N5O4/c1-34(2,3)49-33(48)42-17-19-5-4-6-25(11-19)45-29(15-30(44-45)35(38,39)40)32(47)43-28-14-21(7-8-27(28)37)31(36)23-10-20(16-41)9-22(12-23)26-13-24(26)18-46/h4-12,14-15,24,26,31,46H,13,17-18H2,1-3H3,(H,42,48)(H,43,47). The summed E-state index contributed by atoms with van der Waals surface area (Å²) in [6, 6.07) is 17.5. The molecule has 0 radical (unpaired) electrons. The zero-order chi connectivity index (χ0) is 35.7. The molecule has 3 N–H and O–H groups in total. The van der Waals surface area contributed by atoms with Crippen LogP contribution in [-0.2, 0) is 17.5 Å². The van der Waals surface area contributed by atoms with Crippen molar-refractivity contribution >= 4 is 29.3 Å². The van der Waals surface area contributed by atoms with E-state index in [9.17, 15) is 33.1 Å². The fourth-order valence-electron chi connectivity index (χ4n) is 5.30. The molecule has 14 heteroatoms. The molecular formula is C35H32ClF4N5O4. The summed E-state index contributed by atoms with van der Waals surface area (Å²) in [6.07, 6.45) is -4.83. The SMILES string of the molecule is CC(C)(C)OC(=O)NCc1cccc(-n2nc(C(F)(F)F)cc2C(=O)Nc2cc(C(Cl)c3cc(C#N)cc(C4CC4CO)c3)ccc2F)c1. The number of anilines is 1. The first-order chi connectivity index (χ1) is 23.1. The Kier molecular flexibility index (Phi) is 10.0. The average Bonchev–Trinajstić information content (AvgIpc) is 3.70. The molecule has 0 aliphatic heterocycles. The Morgan fingerprint density at radius 1 is 1.10 bits per heavy atom. The molecule has 1 aromatic heterocycles. The molecule has 0 saturated heterocycles. The van der Waals surface area contributed by atoms with Gasteiger partial charge in [0.15, 0.2) is 5.69 Å². The van der Waals surface area contributed by atoms with Gasteiger partial charge in [-0.1, -0.05) is 24.3 Å². The van der Waals surface area contributed by atoms with Crippen molar-refractivity contribution < 1.29 is 37.0 Å². The number of amides is 2. The van der Waals surface area contributed by atoms with E-state index >= 15 is 4.39 Å². The molecule has 4 aromatic rings. The lowest BCUT2D eigenvalue weighted by Gasteiger charge is -2.19. The minimum Gasteiger partial charge on any atom is -0.444 e. The molecule has 1 fully saturated rings. The molecule has 9 nitrogen and oxygen atoms in total. The van der Waals surface area contributed by atoms with Crippen molar-refractivity contribution in [2.75, 3.05) is 11.9 Å². The van der Waals surface area contributed by atoms with Crippen LogP contribution >= 0.6 is 11.6 Å². The second-order valence-corrected chi connectivity index (χ2v) is 13.1. The highest BCUT2D eigenvalue weighted by atomic mass is 35.5. The predicted molar refractivity (Wildman–Crippen MR) is 173 cm³/mol. The van der Waals surface area contributed by atoms with Crippen LogP contribution in [0.4, 0.5) is 28.0 Å². The number of nitrogens with one attached hydrogen (secondary N) is 2. The van der Waals surface area contributed by atoms with Gasteiger partial charge in [0.05, 0.1) is 28.4 Å². The van der Waals surface area contributed by atoms with Crippen LogP contribution in [0.25, 0.3) is 5.69 Å². The lowest BCUT2D eigenvalue weighted by Crippen LogP contribution is -2.32. The van der Waals surface area contributed by atoms with Crippen molar-refractivity contribution in [3.05, 3.63) is 112 Å².